The van der Waals surface area contributed by atoms with Crippen molar-refractivity contribution in [2.24, 2.45) is 5.73 Å². The number of methoxy groups -OCH3 is 1. The zero-order chi connectivity index (χ0) is 17.5. The van der Waals surface area contributed by atoms with Gasteiger partial charge in [-0.25, -0.2) is 0 Å². The van der Waals surface area contributed by atoms with Gasteiger partial charge in [0.1, 0.15) is 12.6 Å². The summed E-state index contributed by atoms with van der Waals surface area (Å²) in [6, 6.07) is 14.4. The van der Waals surface area contributed by atoms with Crippen LogP contribution in [0.25, 0.3) is 0 Å². The van der Waals surface area contributed by atoms with Crippen LogP contribution in [0, 0.1) is 6.92 Å². The van der Waals surface area contributed by atoms with Gasteiger partial charge in [0.05, 0.1) is 13.7 Å². The fraction of sp³-hybridized carbons (Fsp3) is 0.316. The van der Waals surface area contributed by atoms with Crippen LogP contribution in [0.5, 0.6) is 11.5 Å². The van der Waals surface area contributed by atoms with Crippen LogP contribution in [0.15, 0.2) is 48.5 Å². The summed E-state index contributed by atoms with van der Waals surface area (Å²) < 4.78 is 10.9. The predicted molar refractivity (Wildman–Crippen MR) is 94.2 cm³/mol. The number of likely N-dealkylation sites (N-methyl/N-ethyl adjacent to an activating group) is 1. The fourth-order valence-electron chi connectivity index (χ4n) is 2.29. The molecule has 0 radical (unpaired) electrons. The van der Waals surface area contributed by atoms with E-state index >= 15 is 0 Å². The number of benzene rings is 2. The number of carbonyl (C=O) groups is 1. The summed E-state index contributed by atoms with van der Waals surface area (Å²) in [5, 5.41) is 0. The Bertz CT molecular complexity index is 671. The minimum Gasteiger partial charge on any atom is -0.493 e. The smallest absolute Gasteiger partial charge is 0.243 e. The highest BCUT2D eigenvalue weighted by Crippen LogP contribution is 2.25. The number of amides is 1. The highest BCUT2D eigenvalue weighted by molar-refractivity contribution is 5.82. The first-order chi connectivity index (χ1) is 11.5. The fourth-order valence-corrected chi connectivity index (χ4v) is 2.29. The van der Waals surface area contributed by atoms with Crippen molar-refractivity contribution in [2.75, 3.05) is 27.3 Å². The van der Waals surface area contributed by atoms with Crippen LogP contribution in [-0.2, 0) is 4.79 Å². The highest BCUT2D eigenvalue weighted by Gasteiger charge is 2.19. The molecule has 2 N–H and O–H groups in total. The number of carbonyl (C=O) groups excluding carboxylic acids is 1. The van der Waals surface area contributed by atoms with Gasteiger partial charge in [-0.05, 0) is 24.6 Å². The van der Waals surface area contributed by atoms with Crippen molar-refractivity contribution in [2.45, 2.75) is 13.0 Å². The second-order valence-corrected chi connectivity index (χ2v) is 5.65. The number of nitrogens with two attached hydrogens (primary N) is 1. The Morgan fingerprint density at radius 3 is 2.38 bits per heavy atom. The van der Waals surface area contributed by atoms with Crippen molar-refractivity contribution in [3.8, 4) is 11.5 Å². The normalized spacial score (nSPS) is 11.7. The Labute approximate surface area is 143 Å². The Morgan fingerprint density at radius 2 is 1.75 bits per heavy atom. The van der Waals surface area contributed by atoms with Gasteiger partial charge in [0.15, 0.2) is 11.5 Å². The van der Waals surface area contributed by atoms with Crippen molar-refractivity contribution >= 4 is 5.91 Å². The Morgan fingerprint density at radius 1 is 1.12 bits per heavy atom. The van der Waals surface area contributed by atoms with Gasteiger partial charge in [-0.15, -0.1) is 0 Å². The number of rotatable bonds is 7. The van der Waals surface area contributed by atoms with Crippen LogP contribution >= 0.6 is 0 Å². The van der Waals surface area contributed by atoms with Crippen molar-refractivity contribution < 1.29 is 14.3 Å². The Hall–Kier alpha value is -2.53. The van der Waals surface area contributed by atoms with E-state index in [9.17, 15) is 4.79 Å². The van der Waals surface area contributed by atoms with E-state index in [0.29, 0.717) is 24.7 Å². The molecule has 1 atom stereocenters. The summed E-state index contributed by atoms with van der Waals surface area (Å²) in [5.74, 6) is 1.19. The molecule has 0 aromatic heterocycles. The first kappa shape index (κ1) is 17.8. The highest BCUT2D eigenvalue weighted by atomic mass is 16.5. The lowest BCUT2D eigenvalue weighted by atomic mass is 10.1. The largest absolute Gasteiger partial charge is 0.493 e. The third-order valence-electron chi connectivity index (χ3n) is 3.83. The maximum absolute atomic E-state index is 12.4. The average Bonchev–Trinajstić information content (AvgIpc) is 2.61. The lowest BCUT2D eigenvalue weighted by molar-refractivity contribution is -0.131. The van der Waals surface area contributed by atoms with Crippen molar-refractivity contribution in [1.29, 1.82) is 0 Å². The van der Waals surface area contributed by atoms with Gasteiger partial charge in [0.25, 0.3) is 0 Å². The molecular weight excluding hydrogens is 304 g/mol. The molecule has 128 valence electrons. The molecule has 0 bridgehead atoms. The molecule has 2 aromatic rings. The molecule has 0 saturated carbocycles. The molecule has 1 unspecified atom stereocenters. The average molecular weight is 328 g/mol. The predicted octanol–water partition coefficient (Wildman–Crippen LogP) is 2.54. The van der Waals surface area contributed by atoms with Gasteiger partial charge < -0.3 is 20.1 Å². The minimum absolute atomic E-state index is 0.137. The minimum atomic E-state index is -0.665. The molecule has 0 saturated heterocycles. The first-order valence-corrected chi connectivity index (χ1v) is 7.86. The van der Waals surface area contributed by atoms with E-state index in [1.807, 2.05) is 55.5 Å². The molecule has 5 nitrogen and oxygen atoms in total. The third kappa shape index (κ3) is 4.49. The van der Waals surface area contributed by atoms with Gasteiger partial charge >= 0.3 is 0 Å². The standard InChI is InChI=1S/C19H24N2O3/c1-14-8-10-15(11-9-14)18(20)19(22)21(2)12-13-24-17-7-5-4-6-16(17)23-3/h4-11,18H,12-13,20H2,1-3H3. The van der Waals surface area contributed by atoms with E-state index in [4.69, 9.17) is 15.2 Å². The van der Waals surface area contributed by atoms with Crippen LogP contribution in [0.1, 0.15) is 17.2 Å². The van der Waals surface area contributed by atoms with Crippen molar-refractivity contribution in [1.82, 2.24) is 4.90 Å². The maximum atomic E-state index is 12.4. The molecule has 0 aliphatic heterocycles. The van der Waals surface area contributed by atoms with Crippen LogP contribution in [0.4, 0.5) is 0 Å². The molecule has 0 spiro atoms. The summed E-state index contributed by atoms with van der Waals surface area (Å²) in [6.45, 7) is 2.80. The molecular formula is C19H24N2O3. The molecule has 0 aliphatic rings. The van der Waals surface area contributed by atoms with Gasteiger partial charge in [0, 0.05) is 7.05 Å². The second kappa shape index (κ2) is 8.36. The van der Waals surface area contributed by atoms with Crippen LogP contribution in [0.3, 0.4) is 0 Å². The monoisotopic (exact) mass is 328 g/mol. The number of para-hydroxylation sites is 2. The second-order valence-electron chi connectivity index (χ2n) is 5.65. The first-order valence-electron chi connectivity index (χ1n) is 7.86. The maximum Gasteiger partial charge on any atom is 0.243 e. The number of aryl methyl sites for hydroxylation is 1. The van der Waals surface area contributed by atoms with E-state index in [0.717, 1.165) is 11.1 Å². The number of ether oxygens (including phenoxy) is 2. The summed E-state index contributed by atoms with van der Waals surface area (Å²) >= 11 is 0. The number of hydrogen-bond donors (Lipinski definition) is 1. The molecule has 0 heterocycles. The number of hydrogen-bond acceptors (Lipinski definition) is 4. The quantitative estimate of drug-likeness (QED) is 0.848. The lowest BCUT2D eigenvalue weighted by Gasteiger charge is -2.22. The number of nitrogens with zero attached hydrogens (tertiary/aromatic N) is 1. The lowest BCUT2D eigenvalue weighted by Crippen LogP contribution is -2.38. The van der Waals surface area contributed by atoms with Crippen LogP contribution < -0.4 is 15.2 Å². The Balaban J connectivity index is 1.88. The zero-order valence-electron chi connectivity index (χ0n) is 14.4. The molecule has 0 fully saturated rings. The molecule has 2 aromatic carbocycles. The van der Waals surface area contributed by atoms with Crippen molar-refractivity contribution in [3.63, 3.8) is 0 Å². The topological polar surface area (TPSA) is 64.8 Å². The van der Waals surface area contributed by atoms with Gasteiger partial charge in [0.2, 0.25) is 5.91 Å². The SMILES string of the molecule is COc1ccccc1OCCN(C)C(=O)C(N)c1ccc(C)cc1. The van der Waals surface area contributed by atoms with E-state index < -0.39 is 6.04 Å². The zero-order valence-corrected chi connectivity index (χ0v) is 14.4. The van der Waals surface area contributed by atoms with Crippen molar-refractivity contribution in [3.05, 3.63) is 59.7 Å². The third-order valence-corrected chi connectivity index (χ3v) is 3.83. The molecule has 0 aliphatic carbocycles. The van der Waals surface area contributed by atoms with E-state index in [2.05, 4.69) is 0 Å². The van der Waals surface area contributed by atoms with Crippen LogP contribution in [0.2, 0.25) is 0 Å². The summed E-state index contributed by atoms with van der Waals surface area (Å²) in [6.07, 6.45) is 0. The summed E-state index contributed by atoms with van der Waals surface area (Å²) in [5.41, 5.74) is 8.01. The van der Waals surface area contributed by atoms with Gasteiger partial charge in [-0.1, -0.05) is 42.0 Å². The van der Waals surface area contributed by atoms with E-state index in [1.54, 1.807) is 19.1 Å². The Kier molecular flexibility index (Phi) is 6.21. The van der Waals surface area contributed by atoms with E-state index in [-0.39, 0.29) is 5.91 Å². The molecule has 2 rings (SSSR count). The molecule has 24 heavy (non-hydrogen) atoms. The van der Waals surface area contributed by atoms with Gasteiger partial charge in [-0.3, -0.25) is 4.79 Å². The van der Waals surface area contributed by atoms with Crippen LogP contribution in [-0.4, -0.2) is 38.1 Å². The summed E-state index contributed by atoms with van der Waals surface area (Å²) in [7, 11) is 3.32. The van der Waals surface area contributed by atoms with E-state index in [1.165, 1.54) is 0 Å². The van der Waals surface area contributed by atoms with Gasteiger partial charge in [-0.2, -0.15) is 0 Å². The molecule has 1 amide bonds. The molecule has 5 heteroatoms. The summed E-state index contributed by atoms with van der Waals surface area (Å²) in [4.78, 5) is 14.0.